The van der Waals surface area contributed by atoms with Crippen LogP contribution >= 0.6 is 0 Å². The number of hydrogen-bond donors (Lipinski definition) is 3. The third-order valence-corrected chi connectivity index (χ3v) is 4.30. The first-order valence-electron chi connectivity index (χ1n) is 5.35. The second kappa shape index (κ2) is 6.10. The Kier molecular flexibility index (Phi) is 5.03. The number of nitrogens with zero attached hydrogens (tertiary/aromatic N) is 2. The molecule has 0 saturated carbocycles. The second-order valence-electron chi connectivity index (χ2n) is 3.67. The van der Waals surface area contributed by atoms with Gasteiger partial charge in [0.1, 0.15) is 0 Å². The van der Waals surface area contributed by atoms with Crippen LogP contribution < -0.4 is 0 Å². The van der Waals surface area contributed by atoms with Gasteiger partial charge in [-0.05, 0) is 6.92 Å². The summed E-state index contributed by atoms with van der Waals surface area (Å²) in [7, 11) is -3.85. The summed E-state index contributed by atoms with van der Waals surface area (Å²) >= 11 is 0. The number of aryl methyl sites for hydroxylation is 1. The van der Waals surface area contributed by atoms with Crippen LogP contribution in [0.2, 0.25) is 0 Å². The Hall–Kier alpha value is -1.22. The minimum Gasteiger partial charge on any atom is -0.395 e. The van der Waals surface area contributed by atoms with Crippen LogP contribution in [0, 0.1) is 6.92 Å². The maximum absolute atomic E-state index is 12.3. The van der Waals surface area contributed by atoms with Crippen LogP contribution in [0.25, 0.3) is 0 Å². The van der Waals surface area contributed by atoms with Gasteiger partial charge in [0.2, 0.25) is 0 Å². The highest BCUT2D eigenvalue weighted by molar-refractivity contribution is 7.89. The molecule has 0 amide bonds. The number of rotatable bonds is 7. The van der Waals surface area contributed by atoms with E-state index in [4.69, 9.17) is 5.11 Å². The molecule has 0 aliphatic rings. The fraction of sp³-hybridized carbons (Fsp3) is 0.500. The van der Waals surface area contributed by atoms with Gasteiger partial charge in [0.15, 0.2) is 5.03 Å². The van der Waals surface area contributed by atoms with Gasteiger partial charge in [0.05, 0.1) is 13.2 Å². The molecular formula is C10H17N3O4S. The van der Waals surface area contributed by atoms with Crippen molar-refractivity contribution in [3.05, 3.63) is 23.9 Å². The fourth-order valence-corrected chi connectivity index (χ4v) is 3.08. The van der Waals surface area contributed by atoms with Crippen molar-refractivity contribution < 1.29 is 18.6 Å². The molecule has 1 heterocycles. The van der Waals surface area contributed by atoms with Crippen LogP contribution in [0.4, 0.5) is 0 Å². The van der Waals surface area contributed by atoms with Gasteiger partial charge in [0, 0.05) is 24.3 Å². The summed E-state index contributed by atoms with van der Waals surface area (Å²) < 4.78 is 25.6. The predicted octanol–water partition coefficient (Wildman–Crippen LogP) is -0.621. The number of nitrogens with one attached hydrogen (secondary N) is 1. The Morgan fingerprint density at radius 1 is 1.50 bits per heavy atom. The molecule has 1 aromatic rings. The first-order valence-corrected chi connectivity index (χ1v) is 6.79. The van der Waals surface area contributed by atoms with Crippen molar-refractivity contribution in [2.75, 3.05) is 19.7 Å². The largest absolute Gasteiger partial charge is 0.395 e. The van der Waals surface area contributed by atoms with Crippen LogP contribution in [0.5, 0.6) is 0 Å². The van der Waals surface area contributed by atoms with Crippen molar-refractivity contribution in [2.24, 2.45) is 0 Å². The Morgan fingerprint density at radius 3 is 2.67 bits per heavy atom. The topological polar surface area (TPSA) is 107 Å². The molecule has 1 rings (SSSR count). The highest BCUT2D eigenvalue weighted by atomic mass is 32.2. The lowest BCUT2D eigenvalue weighted by atomic mass is 10.3. The van der Waals surface area contributed by atoms with E-state index in [9.17, 15) is 13.5 Å². The monoisotopic (exact) mass is 275 g/mol. The van der Waals surface area contributed by atoms with E-state index in [2.05, 4.69) is 16.8 Å². The summed E-state index contributed by atoms with van der Waals surface area (Å²) in [5.74, 6) is 0. The van der Waals surface area contributed by atoms with E-state index >= 15 is 0 Å². The molecule has 0 aromatic carbocycles. The number of aliphatic hydroxyl groups excluding tert-OH is 2. The molecule has 0 unspecified atom stereocenters. The van der Waals surface area contributed by atoms with Gasteiger partial charge in [0.25, 0.3) is 10.0 Å². The Balaban J connectivity index is 3.21. The Bertz CT molecular complexity index is 509. The first-order chi connectivity index (χ1) is 8.48. The number of H-pyrrole nitrogens is 1. The van der Waals surface area contributed by atoms with E-state index < -0.39 is 16.6 Å². The number of aromatic amines is 1. The standard InChI is InChI=1S/C10H17N3O4S/c1-3-4-13(5-6-14)18(16,17)10-9(7-15)8(2)11-12-10/h3,14-15H,1,4-7H2,2H3,(H,11,12). The molecule has 0 bridgehead atoms. The van der Waals surface area contributed by atoms with Crippen molar-refractivity contribution in [1.29, 1.82) is 0 Å². The van der Waals surface area contributed by atoms with E-state index in [-0.39, 0.29) is 30.3 Å². The lowest BCUT2D eigenvalue weighted by Gasteiger charge is -2.18. The molecule has 0 spiro atoms. The second-order valence-corrected chi connectivity index (χ2v) is 5.52. The third-order valence-electron chi connectivity index (χ3n) is 2.46. The van der Waals surface area contributed by atoms with Gasteiger partial charge in [-0.2, -0.15) is 9.40 Å². The third kappa shape index (κ3) is 2.78. The van der Waals surface area contributed by atoms with Gasteiger partial charge in [-0.1, -0.05) is 6.08 Å². The van der Waals surface area contributed by atoms with Crippen LogP contribution in [-0.4, -0.2) is 52.8 Å². The summed E-state index contributed by atoms with van der Waals surface area (Å²) in [5, 5.41) is 24.1. The van der Waals surface area contributed by atoms with Crippen molar-refractivity contribution in [3.8, 4) is 0 Å². The fourth-order valence-electron chi connectivity index (χ4n) is 1.52. The van der Waals surface area contributed by atoms with Crippen molar-refractivity contribution in [1.82, 2.24) is 14.5 Å². The summed E-state index contributed by atoms with van der Waals surface area (Å²) in [6, 6.07) is 0. The molecule has 8 heteroatoms. The van der Waals surface area contributed by atoms with Crippen molar-refractivity contribution >= 4 is 10.0 Å². The summed E-state index contributed by atoms with van der Waals surface area (Å²) in [5.41, 5.74) is 0.737. The van der Waals surface area contributed by atoms with E-state index in [1.165, 1.54) is 6.08 Å². The minimum atomic E-state index is -3.85. The van der Waals surface area contributed by atoms with Crippen molar-refractivity contribution in [3.63, 3.8) is 0 Å². The molecule has 18 heavy (non-hydrogen) atoms. The van der Waals surface area contributed by atoms with Crippen LogP contribution in [-0.2, 0) is 16.6 Å². The molecule has 102 valence electrons. The summed E-state index contributed by atoms with van der Waals surface area (Å²) in [6.45, 7) is 4.40. The lowest BCUT2D eigenvalue weighted by molar-refractivity contribution is 0.259. The van der Waals surface area contributed by atoms with Crippen LogP contribution in [0.1, 0.15) is 11.3 Å². The van der Waals surface area contributed by atoms with E-state index in [0.29, 0.717) is 5.69 Å². The van der Waals surface area contributed by atoms with E-state index in [1.54, 1.807) is 6.92 Å². The van der Waals surface area contributed by atoms with E-state index in [1.807, 2.05) is 0 Å². The maximum atomic E-state index is 12.3. The molecule has 0 radical (unpaired) electrons. The Labute approximate surface area is 106 Å². The molecule has 0 saturated heterocycles. The average molecular weight is 275 g/mol. The molecule has 0 aliphatic carbocycles. The summed E-state index contributed by atoms with van der Waals surface area (Å²) in [4.78, 5) is 0. The lowest BCUT2D eigenvalue weighted by Crippen LogP contribution is -2.34. The molecule has 0 atom stereocenters. The zero-order valence-corrected chi connectivity index (χ0v) is 10.9. The normalized spacial score (nSPS) is 12.0. The zero-order valence-electron chi connectivity index (χ0n) is 10.1. The molecule has 3 N–H and O–H groups in total. The molecule has 1 aromatic heterocycles. The highest BCUT2D eigenvalue weighted by Crippen LogP contribution is 2.20. The van der Waals surface area contributed by atoms with Crippen molar-refractivity contribution in [2.45, 2.75) is 18.6 Å². The van der Waals surface area contributed by atoms with Crippen LogP contribution in [0.15, 0.2) is 17.7 Å². The van der Waals surface area contributed by atoms with Gasteiger partial charge in [-0.15, -0.1) is 6.58 Å². The number of sulfonamides is 1. The maximum Gasteiger partial charge on any atom is 0.263 e. The molecular weight excluding hydrogens is 258 g/mol. The van der Waals surface area contributed by atoms with Crippen LogP contribution in [0.3, 0.4) is 0 Å². The highest BCUT2D eigenvalue weighted by Gasteiger charge is 2.29. The first kappa shape index (κ1) is 14.8. The SMILES string of the molecule is C=CCN(CCO)S(=O)(=O)c1n[nH]c(C)c1CO. The van der Waals surface area contributed by atoms with Gasteiger partial charge in [-0.25, -0.2) is 8.42 Å². The number of hydrogen-bond acceptors (Lipinski definition) is 5. The zero-order chi connectivity index (χ0) is 13.8. The van der Waals surface area contributed by atoms with E-state index in [0.717, 1.165) is 4.31 Å². The summed E-state index contributed by atoms with van der Waals surface area (Å²) in [6.07, 6.45) is 1.42. The predicted molar refractivity (Wildman–Crippen MR) is 65.3 cm³/mol. The molecule has 7 nitrogen and oxygen atoms in total. The smallest absolute Gasteiger partial charge is 0.263 e. The number of aromatic nitrogens is 2. The van der Waals surface area contributed by atoms with Gasteiger partial charge in [-0.3, -0.25) is 5.10 Å². The molecule has 0 aliphatic heterocycles. The number of aliphatic hydroxyl groups is 2. The van der Waals surface area contributed by atoms with Gasteiger partial charge >= 0.3 is 0 Å². The van der Waals surface area contributed by atoms with Gasteiger partial charge < -0.3 is 10.2 Å². The molecule has 0 fully saturated rings. The quantitative estimate of drug-likeness (QED) is 0.575. The minimum absolute atomic E-state index is 0.0505. The average Bonchev–Trinajstić information content (AvgIpc) is 2.70. The Morgan fingerprint density at radius 2 is 2.17 bits per heavy atom.